The maximum Gasteiger partial charge on any atom is 0.272 e. The van der Waals surface area contributed by atoms with Crippen LogP contribution < -0.4 is 5.32 Å². The average molecular weight is 253 g/mol. The number of nitrogens with one attached hydrogen (secondary N) is 1. The van der Waals surface area contributed by atoms with Gasteiger partial charge in [0.1, 0.15) is 5.01 Å². The van der Waals surface area contributed by atoms with Crippen molar-refractivity contribution < 1.29 is 9.31 Å². The zero-order valence-electron chi connectivity index (χ0n) is 8.59. The van der Waals surface area contributed by atoms with E-state index in [0.717, 1.165) is 11.1 Å². The van der Waals surface area contributed by atoms with Crippen LogP contribution in [0.5, 0.6) is 0 Å². The summed E-state index contributed by atoms with van der Waals surface area (Å²) in [4.78, 5) is 13.8. The highest BCUT2D eigenvalue weighted by Gasteiger charge is 2.10. The summed E-state index contributed by atoms with van der Waals surface area (Å²) in [5.74, 6) is -0.643. The normalized spacial score (nSPS) is 10.2. The van der Waals surface area contributed by atoms with E-state index >= 15 is 0 Å². The Bertz CT molecular complexity index is 530. The third-order valence-electron chi connectivity index (χ3n) is 2.08. The van der Waals surface area contributed by atoms with Crippen molar-refractivity contribution in [1.29, 1.82) is 0 Å². The molecule has 0 amide bonds. The van der Waals surface area contributed by atoms with Gasteiger partial charge in [-0.1, -0.05) is 0 Å². The number of nitrogens with zero attached hydrogens (tertiary/aromatic N) is 2. The van der Waals surface area contributed by atoms with Gasteiger partial charge in [-0.2, -0.15) is 0 Å². The number of thiazole rings is 1. The van der Waals surface area contributed by atoms with Crippen molar-refractivity contribution in [3.8, 4) is 0 Å². The Morgan fingerprint density at radius 2 is 2.35 bits per heavy atom. The maximum absolute atomic E-state index is 13.5. The Labute approximate surface area is 100 Å². The first-order chi connectivity index (χ1) is 8.16. The lowest BCUT2D eigenvalue weighted by atomic mass is 10.2. The monoisotopic (exact) mass is 253 g/mol. The summed E-state index contributed by atoms with van der Waals surface area (Å²) in [7, 11) is 0. The van der Waals surface area contributed by atoms with Crippen molar-refractivity contribution in [3.05, 3.63) is 50.7 Å². The molecule has 88 valence electrons. The van der Waals surface area contributed by atoms with E-state index in [1.54, 1.807) is 6.20 Å². The van der Waals surface area contributed by atoms with Gasteiger partial charge in [0.15, 0.2) is 5.82 Å². The van der Waals surface area contributed by atoms with Crippen LogP contribution in [0.15, 0.2) is 29.8 Å². The Balaban J connectivity index is 2.09. The minimum Gasteiger partial charge on any atom is -0.376 e. The Morgan fingerprint density at radius 3 is 2.94 bits per heavy atom. The van der Waals surface area contributed by atoms with Gasteiger partial charge >= 0.3 is 0 Å². The summed E-state index contributed by atoms with van der Waals surface area (Å²) in [5, 5.41) is 15.9. The smallest absolute Gasteiger partial charge is 0.272 e. The van der Waals surface area contributed by atoms with Crippen LogP contribution in [0, 0.1) is 15.9 Å². The van der Waals surface area contributed by atoms with Crippen LogP contribution in [0.2, 0.25) is 0 Å². The minimum atomic E-state index is -0.643. The lowest BCUT2D eigenvalue weighted by molar-refractivity contribution is -0.385. The molecular weight excluding hydrogens is 245 g/mol. The number of non-ortho nitro benzene ring substituents is 1. The highest BCUT2D eigenvalue weighted by molar-refractivity contribution is 7.09. The fourth-order valence-corrected chi connectivity index (χ4v) is 1.83. The van der Waals surface area contributed by atoms with Gasteiger partial charge in [0, 0.05) is 17.6 Å². The van der Waals surface area contributed by atoms with E-state index in [9.17, 15) is 14.5 Å². The van der Waals surface area contributed by atoms with Crippen LogP contribution in [-0.4, -0.2) is 9.91 Å². The topological polar surface area (TPSA) is 68.1 Å². The van der Waals surface area contributed by atoms with Crippen LogP contribution in [0.4, 0.5) is 15.8 Å². The molecule has 0 aliphatic rings. The summed E-state index contributed by atoms with van der Waals surface area (Å²) in [6.45, 7) is 0.395. The molecule has 0 aliphatic carbocycles. The quantitative estimate of drug-likeness (QED) is 0.672. The van der Waals surface area contributed by atoms with Gasteiger partial charge in [0.05, 0.1) is 23.2 Å². The second-order valence-corrected chi connectivity index (χ2v) is 4.18. The van der Waals surface area contributed by atoms with Crippen molar-refractivity contribution in [2.24, 2.45) is 0 Å². The van der Waals surface area contributed by atoms with Crippen molar-refractivity contribution in [3.63, 3.8) is 0 Å². The van der Waals surface area contributed by atoms with Crippen molar-refractivity contribution >= 4 is 22.7 Å². The third-order valence-corrected chi connectivity index (χ3v) is 2.86. The van der Waals surface area contributed by atoms with Crippen molar-refractivity contribution in [2.45, 2.75) is 6.54 Å². The number of benzene rings is 1. The highest BCUT2D eigenvalue weighted by Crippen LogP contribution is 2.21. The first-order valence-corrected chi connectivity index (χ1v) is 5.61. The van der Waals surface area contributed by atoms with E-state index in [4.69, 9.17) is 0 Å². The number of nitro benzene ring substituents is 1. The van der Waals surface area contributed by atoms with Crippen LogP contribution >= 0.6 is 11.3 Å². The third kappa shape index (κ3) is 2.76. The molecule has 0 saturated heterocycles. The molecule has 1 aromatic heterocycles. The molecule has 0 saturated carbocycles. The highest BCUT2D eigenvalue weighted by atomic mass is 32.1. The molecule has 7 heteroatoms. The lowest BCUT2D eigenvalue weighted by Crippen LogP contribution is -2.01. The number of rotatable bonds is 4. The zero-order valence-corrected chi connectivity index (χ0v) is 9.41. The first-order valence-electron chi connectivity index (χ1n) is 4.73. The molecule has 17 heavy (non-hydrogen) atoms. The molecular formula is C10H8FN3O2S. The molecule has 0 radical (unpaired) electrons. The fraction of sp³-hybridized carbons (Fsp3) is 0.100. The van der Waals surface area contributed by atoms with Crippen LogP contribution in [-0.2, 0) is 6.54 Å². The van der Waals surface area contributed by atoms with E-state index in [1.807, 2.05) is 5.38 Å². The predicted octanol–water partition coefficient (Wildman–Crippen LogP) is 2.80. The summed E-state index contributed by atoms with van der Waals surface area (Å²) in [5.41, 5.74) is -0.0342. The van der Waals surface area contributed by atoms with Gasteiger partial charge in [-0.25, -0.2) is 9.37 Å². The summed E-state index contributed by atoms with van der Waals surface area (Å²) in [6.07, 6.45) is 1.66. The Kier molecular flexibility index (Phi) is 3.29. The Morgan fingerprint density at radius 1 is 1.53 bits per heavy atom. The second-order valence-electron chi connectivity index (χ2n) is 3.20. The molecule has 1 aromatic carbocycles. The molecule has 0 aliphatic heterocycles. The van der Waals surface area contributed by atoms with Crippen LogP contribution in [0.3, 0.4) is 0 Å². The fourth-order valence-electron chi connectivity index (χ4n) is 1.27. The molecule has 0 unspecified atom stereocenters. The van der Waals surface area contributed by atoms with E-state index in [1.165, 1.54) is 23.5 Å². The number of aromatic nitrogens is 1. The molecule has 0 bridgehead atoms. The van der Waals surface area contributed by atoms with Gasteiger partial charge in [-0.3, -0.25) is 10.1 Å². The number of anilines is 1. The van der Waals surface area contributed by atoms with Gasteiger partial charge in [-0.05, 0) is 6.07 Å². The number of halogens is 1. The van der Waals surface area contributed by atoms with E-state index < -0.39 is 10.7 Å². The van der Waals surface area contributed by atoms with Crippen LogP contribution in [0.25, 0.3) is 0 Å². The summed E-state index contributed by atoms with van der Waals surface area (Å²) < 4.78 is 13.5. The van der Waals surface area contributed by atoms with Gasteiger partial charge in [0.2, 0.25) is 0 Å². The molecule has 1 N–H and O–H groups in total. The molecule has 2 rings (SSSR count). The number of hydrogen-bond acceptors (Lipinski definition) is 5. The van der Waals surface area contributed by atoms with Gasteiger partial charge < -0.3 is 5.32 Å². The summed E-state index contributed by atoms with van der Waals surface area (Å²) >= 11 is 1.45. The Hall–Kier alpha value is -2.02. The second kappa shape index (κ2) is 4.88. The van der Waals surface area contributed by atoms with Crippen molar-refractivity contribution in [1.82, 2.24) is 4.98 Å². The molecule has 0 spiro atoms. The zero-order chi connectivity index (χ0) is 12.3. The largest absolute Gasteiger partial charge is 0.376 e. The van der Waals surface area contributed by atoms with Gasteiger partial charge in [0.25, 0.3) is 5.69 Å². The number of hydrogen-bond donors (Lipinski definition) is 1. The molecule has 0 atom stereocenters. The molecule has 2 aromatic rings. The van der Waals surface area contributed by atoms with Crippen molar-refractivity contribution in [2.75, 3.05) is 5.32 Å². The predicted molar refractivity (Wildman–Crippen MR) is 62.5 cm³/mol. The summed E-state index contributed by atoms with van der Waals surface area (Å²) in [6, 6.07) is 3.50. The molecule has 5 nitrogen and oxygen atoms in total. The van der Waals surface area contributed by atoms with Crippen LogP contribution in [0.1, 0.15) is 5.01 Å². The first kappa shape index (κ1) is 11.5. The SMILES string of the molecule is O=[N+]([O-])c1ccc(NCc2nccs2)c(F)c1. The molecule has 0 fully saturated rings. The number of nitro groups is 1. The maximum atomic E-state index is 13.5. The van der Waals surface area contributed by atoms with E-state index in [-0.39, 0.29) is 11.4 Å². The minimum absolute atomic E-state index is 0.228. The van der Waals surface area contributed by atoms with E-state index in [0.29, 0.717) is 6.54 Å². The molecule has 1 heterocycles. The lowest BCUT2D eigenvalue weighted by Gasteiger charge is -2.05. The standard InChI is InChI=1S/C10H8FN3O2S/c11-8-5-7(14(15)16)1-2-9(8)13-6-10-12-3-4-17-10/h1-5,13H,6H2. The van der Waals surface area contributed by atoms with Gasteiger partial charge in [-0.15, -0.1) is 11.3 Å². The average Bonchev–Trinajstić information content (AvgIpc) is 2.80. The van der Waals surface area contributed by atoms with E-state index in [2.05, 4.69) is 10.3 Å².